The molecule has 8 rings (SSSR count). The molecule has 0 radical (unpaired) electrons. The number of aliphatic hydroxyl groups excluding tert-OH is 2. The van der Waals surface area contributed by atoms with Gasteiger partial charge in [-0.2, -0.15) is 0 Å². The molecule has 15 atom stereocenters. The number of likely N-dealkylation sites (N-methyl/N-ethyl adjacent to an activating group) is 3. The molecule has 45 heteroatoms. The van der Waals surface area contributed by atoms with Crippen molar-refractivity contribution in [2.75, 3.05) is 72.0 Å². The number of aliphatic hydroxyl groups is 2. The van der Waals surface area contributed by atoms with Crippen LogP contribution in [0, 0.1) is 11.3 Å². The zero-order valence-corrected chi connectivity index (χ0v) is 78.1. The summed E-state index contributed by atoms with van der Waals surface area (Å²) in [5.74, 6) is -18.1. The third-order valence-electron chi connectivity index (χ3n) is 23.6. The summed E-state index contributed by atoms with van der Waals surface area (Å²) in [4.78, 5) is 260. The molecule has 24 N–H and O–H groups in total. The smallest absolute Gasteiger partial charge is 0.246 e. The lowest BCUT2D eigenvalue weighted by molar-refractivity contribution is -0.149. The lowest BCUT2D eigenvalue weighted by Crippen LogP contribution is -2.62. The monoisotopic (exact) mass is 1910 g/mol. The van der Waals surface area contributed by atoms with Gasteiger partial charge in [0.05, 0.1) is 31.4 Å². The van der Waals surface area contributed by atoms with Gasteiger partial charge in [-0.15, -0.1) is 11.8 Å². The number of nitrogens with one attached hydrogen (secondary N) is 14. The van der Waals surface area contributed by atoms with Crippen molar-refractivity contribution in [1.82, 2.24) is 93.0 Å². The van der Waals surface area contributed by atoms with E-state index in [0.29, 0.717) is 58.6 Å². The number of nitrogens with zero attached hydrogens (tertiary/aromatic N) is 5. The highest BCUT2D eigenvalue weighted by Gasteiger charge is 2.47. The molecule has 0 unspecified atom stereocenters. The summed E-state index contributed by atoms with van der Waals surface area (Å²) >= 11 is 13.7. The predicted molar refractivity (Wildman–Crippen MR) is 495 cm³/mol. The maximum Gasteiger partial charge on any atom is 0.246 e. The second-order valence-corrected chi connectivity index (χ2v) is 35.9. The highest BCUT2D eigenvalue weighted by atomic mass is 35.5. The van der Waals surface area contributed by atoms with Gasteiger partial charge >= 0.3 is 0 Å². The van der Waals surface area contributed by atoms with Crippen LogP contribution < -0.4 is 81.4 Å². The number of hydrogen-bond acceptors (Lipinski definition) is 22. The van der Waals surface area contributed by atoms with Crippen LogP contribution in [-0.4, -0.2) is 314 Å². The molecule has 3 aromatic carbocycles. The van der Waals surface area contributed by atoms with Crippen molar-refractivity contribution in [2.45, 2.75) is 228 Å². The van der Waals surface area contributed by atoms with Crippen molar-refractivity contribution < 1.29 is 91.7 Å². The van der Waals surface area contributed by atoms with E-state index in [1.807, 2.05) is 13.8 Å². The Morgan fingerprint density at radius 3 is 1.68 bits per heavy atom. The Hall–Kier alpha value is -12.2. The Kier molecular flexibility index (Phi) is 40.4. The fourth-order valence-corrected chi connectivity index (χ4v) is 17.6. The van der Waals surface area contributed by atoms with Gasteiger partial charge in [0.15, 0.2) is 5.96 Å². The van der Waals surface area contributed by atoms with E-state index in [-0.39, 0.29) is 98.8 Å². The van der Waals surface area contributed by atoms with Crippen LogP contribution >= 0.6 is 35.0 Å². The van der Waals surface area contributed by atoms with Crippen LogP contribution in [0.3, 0.4) is 0 Å². The number of hydrogen-bond donors (Lipinski definition) is 20. The number of H-pyrrole nitrogens is 2. The second kappa shape index (κ2) is 50.6. The van der Waals surface area contributed by atoms with Gasteiger partial charge in [0.2, 0.25) is 100 Å². The minimum atomic E-state index is -1.89. The van der Waals surface area contributed by atoms with Crippen molar-refractivity contribution >= 4 is 163 Å². The number of benzene rings is 3. The fourth-order valence-electron chi connectivity index (χ4n) is 16.2. The number of rotatable bonds is 25. The molecule has 0 saturated carbocycles. The maximum absolute atomic E-state index is 15.7. The summed E-state index contributed by atoms with van der Waals surface area (Å²) in [5.41, 5.74) is 25.5. The average Bonchev–Trinajstić information content (AvgIpc) is 1.74. The summed E-state index contributed by atoms with van der Waals surface area (Å²) in [5, 5.41) is 60.6. The van der Waals surface area contributed by atoms with Gasteiger partial charge < -0.3 is 126 Å². The number of thioether (sulfide) groups is 1. The first-order valence-corrected chi connectivity index (χ1v) is 46.3. The second-order valence-electron chi connectivity index (χ2n) is 34.0. The molecule has 17 amide bonds. The largest absolute Gasteiger partial charge is 0.394 e. The predicted octanol–water partition coefficient (Wildman–Crippen LogP) is -2.33. The fraction of sp³-hybridized carbons (Fsp3) is 0.545. The van der Waals surface area contributed by atoms with Crippen LogP contribution in [0.25, 0.3) is 21.8 Å². The molecule has 2 aromatic heterocycles. The molecule has 3 aliphatic heterocycles. The first kappa shape index (κ1) is 106. The van der Waals surface area contributed by atoms with E-state index in [1.54, 1.807) is 74.8 Å². The van der Waals surface area contributed by atoms with Crippen molar-refractivity contribution in [3.8, 4) is 0 Å². The maximum atomic E-state index is 15.7. The molecular weight excluding hydrogens is 1790 g/mol. The molecule has 0 aliphatic carbocycles. The number of nitrogens with two attached hydrogens (primary N) is 4. The van der Waals surface area contributed by atoms with Crippen LogP contribution in [0.15, 0.2) is 79.1 Å². The Bertz CT molecular complexity index is 5040. The number of para-hydroxylation sites is 2. The van der Waals surface area contributed by atoms with Crippen LogP contribution in [-0.2, 0) is 101 Å². The lowest BCUT2D eigenvalue weighted by Gasteiger charge is -2.36. The number of aromatic nitrogens is 2. The van der Waals surface area contributed by atoms with Gasteiger partial charge in [0, 0.05) is 123 Å². The molecule has 5 aromatic rings. The summed E-state index contributed by atoms with van der Waals surface area (Å²) in [7, 11) is 3.88. The quantitative estimate of drug-likeness (QED) is 0.0165. The van der Waals surface area contributed by atoms with Gasteiger partial charge in [-0.3, -0.25) is 86.9 Å². The molecule has 0 spiro atoms. The lowest BCUT2D eigenvalue weighted by atomic mass is 10.00. The Labute approximate surface area is 783 Å². The Balaban J connectivity index is 1.19. The number of carbonyl (C=O) groups is 17. The van der Waals surface area contributed by atoms with Crippen LogP contribution in [0.1, 0.15) is 135 Å². The van der Waals surface area contributed by atoms with E-state index in [4.69, 9.17) is 51.5 Å². The van der Waals surface area contributed by atoms with Gasteiger partial charge in [0.25, 0.3) is 0 Å². The summed E-state index contributed by atoms with van der Waals surface area (Å²) in [6, 6.07) is -3.65. The summed E-state index contributed by atoms with van der Waals surface area (Å²) in [6.45, 7) is 5.36. The molecule has 726 valence electrons. The summed E-state index contributed by atoms with van der Waals surface area (Å²) in [6.07, 6.45) is 1.16. The van der Waals surface area contributed by atoms with Crippen LogP contribution in [0.5, 0.6) is 0 Å². The molecule has 5 heterocycles. The normalized spacial score (nSPS) is 25.0. The number of aromatic amines is 2. The Morgan fingerprint density at radius 1 is 0.556 bits per heavy atom. The Morgan fingerprint density at radius 2 is 1.08 bits per heavy atom. The number of carbonyl (C=O) groups excluding carboxylic acids is 17. The van der Waals surface area contributed by atoms with Gasteiger partial charge in [-0.1, -0.05) is 119 Å². The van der Waals surface area contributed by atoms with E-state index in [9.17, 15) is 58.2 Å². The zero-order chi connectivity index (χ0) is 97.8. The summed E-state index contributed by atoms with van der Waals surface area (Å²) < 4.78 is 0. The third-order valence-corrected chi connectivity index (χ3v) is 25.3. The minimum Gasteiger partial charge on any atom is -0.394 e. The minimum absolute atomic E-state index is 0.0132. The van der Waals surface area contributed by atoms with E-state index in [2.05, 4.69) is 68.5 Å². The topological polar surface area (TPSA) is 639 Å². The number of guanidine groups is 1. The van der Waals surface area contributed by atoms with Gasteiger partial charge in [-0.25, -0.2) is 0 Å². The first-order valence-electron chi connectivity index (χ1n) is 44.4. The number of unbranched alkanes of at least 4 members (excludes halogenated alkanes) is 2. The molecule has 133 heavy (non-hydrogen) atoms. The van der Waals surface area contributed by atoms with Crippen molar-refractivity contribution in [3.63, 3.8) is 0 Å². The molecule has 3 saturated heterocycles. The molecule has 3 aliphatic rings. The average molecular weight is 1910 g/mol. The van der Waals surface area contributed by atoms with Crippen LogP contribution in [0.4, 0.5) is 0 Å². The number of primary amides is 2. The van der Waals surface area contributed by atoms with Gasteiger partial charge in [-0.05, 0) is 98.7 Å². The zero-order valence-electron chi connectivity index (χ0n) is 75.8. The van der Waals surface area contributed by atoms with Crippen molar-refractivity contribution in [1.29, 1.82) is 5.41 Å². The van der Waals surface area contributed by atoms with E-state index >= 15 is 33.6 Å². The van der Waals surface area contributed by atoms with Crippen molar-refractivity contribution in [2.24, 2.45) is 28.9 Å². The van der Waals surface area contributed by atoms with E-state index < -0.39 is 248 Å². The van der Waals surface area contributed by atoms with Gasteiger partial charge in [0.1, 0.15) is 84.6 Å². The highest BCUT2D eigenvalue weighted by Crippen LogP contribution is 2.29. The highest BCUT2D eigenvalue weighted by molar-refractivity contribution is 8.00. The SMILES string of the molecule is CCCC[C@H]1C(=O)N(C)[C@@H](CCCC)C(=O)N[C@@H](CCCNC(=N)N)C(=O)N[C@H](C(=O)NCC(N)=O)CSCC(=O)N[C@@H](Cc2ccc(Cl)cc2Cl)C(=O)N(C)[C@@H](C)C(=O)N[C@@H](CC(N)=O)C(=O)N2CCC[C@H]2C(=O)N[C@@H](CN)C(=O)N[C@@H](CC(C)C)C(=O)N2C[C@H](O)C[C@H]2C(=O)N[C@@H](Cc2c[nH]c3ccccc23)C(=O)N[C@@H](CO)C(=O)N[C@@H](Cc2c[nH]c3ccccc23)C(=O)N1C. The molecular formula is C88H125Cl2N23O19S. The number of amides is 17. The molecule has 0 bridgehead atoms. The standard InChI is InChI=1S/C88H125Cl2N23O19S/c1-9-11-24-67-80(125)101-58(23-17-29-96-88(94)95)76(121)108-66(75(120)99-41-72(93)117)44-133-45-73(118)100-61(32-48-27-28-51(89)35-55(48)90)83(128)109(6)47(5)74(119)103-63(37-71(92)116)85(130)112-30-18-26-68(112)81(126)106-64(38-91)78(123)104-60(31-46(3)4)86(131)113-42-52(115)36-70(113)82(127)102-59(33-49-39-97-56-21-15-13-19-53(49)56)77(122)107-65(43-114)79(124)105-62(34-50-40-98-57-22-16-14-20-54(50)57)84(129)111(8)69(25-12-10-2)87(132)110(67)7/h13-16,19-22,27-28,35,39-40,46-47,52,58-70,97-98,114-115H,9-12,17-18,23-26,29-34,36-38,41-45,91H2,1-8H3,(H2,92,116)(H2,93,117)(H,99,120)(H,100,118)(H,101,125)(H,102,127)(H,103,119)(H,104,123)(H,105,124)(H,106,126)(H,107,122)(H,108,121)(H4,94,95,96)/t47-,52+,58-,59-,60-,61-,62-,63-,64-,65-,66-,67-,68-,69-,70-/m0/s1. The third kappa shape index (κ3) is 29.7. The first-order chi connectivity index (χ1) is 63.2. The van der Waals surface area contributed by atoms with E-state index in [0.717, 1.165) is 36.3 Å². The van der Waals surface area contributed by atoms with Crippen molar-refractivity contribution in [3.05, 3.63) is 106 Å². The van der Waals surface area contributed by atoms with Crippen LogP contribution in [0.2, 0.25) is 10.0 Å². The van der Waals surface area contributed by atoms with E-state index in [1.165, 1.54) is 46.3 Å². The number of halogens is 2. The number of fused-ring (bicyclic) bond motifs is 4. The molecule has 42 nitrogen and oxygen atoms in total. The molecule has 3 fully saturated rings.